The van der Waals surface area contributed by atoms with Crippen LogP contribution < -0.4 is 9.62 Å². The highest BCUT2D eigenvalue weighted by atomic mass is 32.2. The van der Waals surface area contributed by atoms with Crippen molar-refractivity contribution in [1.29, 1.82) is 0 Å². The molecule has 0 aliphatic heterocycles. The monoisotopic (exact) mass is 621 g/mol. The van der Waals surface area contributed by atoms with Crippen LogP contribution in [0.25, 0.3) is 0 Å². The van der Waals surface area contributed by atoms with Gasteiger partial charge in [-0.1, -0.05) is 61.5 Å². The van der Waals surface area contributed by atoms with Crippen LogP contribution in [0.1, 0.15) is 42.9 Å². The van der Waals surface area contributed by atoms with E-state index < -0.39 is 45.4 Å². The van der Waals surface area contributed by atoms with Gasteiger partial charge in [-0.05, 0) is 42.7 Å². The van der Waals surface area contributed by atoms with E-state index in [0.29, 0.717) is 13.0 Å². The maximum Gasteiger partial charge on any atom is 0.416 e. The molecule has 2 amide bonds. The first kappa shape index (κ1) is 33.6. The van der Waals surface area contributed by atoms with Crippen LogP contribution in [0.15, 0.2) is 78.9 Å². The Morgan fingerprint density at radius 3 is 2.26 bits per heavy atom. The second-order valence-corrected chi connectivity index (χ2v) is 12.0. The molecule has 0 radical (unpaired) electrons. The number of carbonyl (C=O) groups is 2. The van der Waals surface area contributed by atoms with Gasteiger partial charge in [0.1, 0.15) is 11.9 Å². The molecule has 7 nitrogen and oxygen atoms in total. The molecule has 0 bridgehead atoms. The number of hydrogen-bond donors (Lipinski definition) is 1. The lowest BCUT2D eigenvalue weighted by Crippen LogP contribution is -2.50. The highest BCUT2D eigenvalue weighted by Crippen LogP contribution is 2.32. The highest BCUT2D eigenvalue weighted by molar-refractivity contribution is 7.92. The molecule has 0 aliphatic carbocycles. The number of alkyl halides is 3. The van der Waals surface area contributed by atoms with Crippen LogP contribution in [0.3, 0.4) is 0 Å². The Labute approximate surface area is 249 Å². The molecule has 3 aromatic rings. The first-order valence-electron chi connectivity index (χ1n) is 13.8. The second kappa shape index (κ2) is 15.0. The van der Waals surface area contributed by atoms with Gasteiger partial charge in [0.2, 0.25) is 21.8 Å². The fraction of sp³-hybridized carbons (Fsp3) is 0.355. The summed E-state index contributed by atoms with van der Waals surface area (Å²) in [5.41, 5.74) is -0.223. The highest BCUT2D eigenvalue weighted by Gasteiger charge is 2.33. The van der Waals surface area contributed by atoms with E-state index in [1.54, 1.807) is 18.2 Å². The molecule has 0 unspecified atom stereocenters. The van der Waals surface area contributed by atoms with Crippen molar-refractivity contribution in [2.45, 2.75) is 51.4 Å². The van der Waals surface area contributed by atoms with Crippen LogP contribution in [0.2, 0.25) is 0 Å². The number of carbonyl (C=O) groups excluding carboxylic acids is 2. The van der Waals surface area contributed by atoms with E-state index in [4.69, 9.17) is 0 Å². The van der Waals surface area contributed by atoms with Crippen LogP contribution in [0.5, 0.6) is 0 Å². The summed E-state index contributed by atoms with van der Waals surface area (Å²) < 4.78 is 80.4. The van der Waals surface area contributed by atoms with Gasteiger partial charge in [-0.2, -0.15) is 13.2 Å². The maximum absolute atomic E-state index is 14.7. The van der Waals surface area contributed by atoms with Crippen molar-refractivity contribution in [1.82, 2.24) is 10.2 Å². The molecular weight excluding hydrogens is 586 g/mol. The van der Waals surface area contributed by atoms with Crippen LogP contribution in [0.4, 0.5) is 23.2 Å². The number of amides is 2. The minimum atomic E-state index is -4.67. The average Bonchev–Trinajstić information content (AvgIpc) is 2.96. The molecule has 3 rings (SSSR count). The predicted octanol–water partition coefficient (Wildman–Crippen LogP) is 5.56. The van der Waals surface area contributed by atoms with E-state index in [0.717, 1.165) is 34.3 Å². The van der Waals surface area contributed by atoms with Gasteiger partial charge in [-0.15, -0.1) is 0 Å². The quantitative estimate of drug-likeness (QED) is 0.239. The van der Waals surface area contributed by atoms with Gasteiger partial charge >= 0.3 is 6.18 Å². The molecule has 1 atom stereocenters. The van der Waals surface area contributed by atoms with Crippen LogP contribution in [0, 0.1) is 5.82 Å². The Morgan fingerprint density at radius 2 is 1.63 bits per heavy atom. The molecule has 1 N–H and O–H groups in total. The minimum absolute atomic E-state index is 0.0649. The number of anilines is 1. The van der Waals surface area contributed by atoms with Crippen LogP contribution in [-0.2, 0) is 38.8 Å². The molecule has 0 saturated heterocycles. The molecule has 0 aromatic heterocycles. The number of hydrogen-bond acceptors (Lipinski definition) is 4. The summed E-state index contributed by atoms with van der Waals surface area (Å²) in [5, 5.41) is 2.82. The molecule has 0 saturated carbocycles. The first-order chi connectivity index (χ1) is 20.3. The normalized spacial score (nSPS) is 12.4. The third-order valence-electron chi connectivity index (χ3n) is 6.73. The fourth-order valence-electron chi connectivity index (χ4n) is 4.57. The van der Waals surface area contributed by atoms with Gasteiger partial charge in [-0.25, -0.2) is 12.8 Å². The number of nitrogens with one attached hydrogen (secondary N) is 1. The van der Waals surface area contributed by atoms with E-state index in [2.05, 4.69) is 5.32 Å². The molecule has 0 fully saturated rings. The largest absolute Gasteiger partial charge is 0.416 e. The van der Waals surface area contributed by atoms with Gasteiger partial charge in [-0.3, -0.25) is 13.9 Å². The van der Waals surface area contributed by atoms with E-state index in [-0.39, 0.29) is 43.6 Å². The third kappa shape index (κ3) is 9.81. The summed E-state index contributed by atoms with van der Waals surface area (Å²) in [7, 11) is -4.01. The van der Waals surface area contributed by atoms with E-state index in [1.807, 2.05) is 25.1 Å². The van der Waals surface area contributed by atoms with Crippen molar-refractivity contribution in [3.8, 4) is 0 Å². The smallest absolute Gasteiger partial charge is 0.354 e. The first-order valence-corrected chi connectivity index (χ1v) is 15.7. The number of sulfonamides is 1. The van der Waals surface area contributed by atoms with E-state index in [1.165, 1.54) is 29.2 Å². The molecule has 232 valence electrons. The molecular formula is C31H35F4N3O4S. The summed E-state index contributed by atoms with van der Waals surface area (Å²) in [6.07, 6.45) is -3.31. The zero-order valence-corrected chi connectivity index (χ0v) is 24.8. The summed E-state index contributed by atoms with van der Waals surface area (Å²) in [6.45, 7) is 1.75. The third-order valence-corrected chi connectivity index (χ3v) is 7.93. The Kier molecular flexibility index (Phi) is 11.7. The Hall–Kier alpha value is -3.93. The lowest BCUT2D eigenvalue weighted by molar-refractivity contribution is -0.141. The molecule has 0 heterocycles. The van der Waals surface area contributed by atoms with Gasteiger partial charge in [0.05, 0.1) is 17.5 Å². The average molecular weight is 622 g/mol. The van der Waals surface area contributed by atoms with Gasteiger partial charge in [0, 0.05) is 38.0 Å². The zero-order chi connectivity index (χ0) is 31.6. The SMILES string of the molecule is CCCNC(=O)[C@H](Cc1ccccc1)N(Cc1ccccc1F)C(=O)CCCN(c1cccc(C(F)(F)F)c1)S(C)(=O)=O. The van der Waals surface area contributed by atoms with Gasteiger partial charge < -0.3 is 10.2 Å². The van der Waals surface area contributed by atoms with Gasteiger partial charge in [0.15, 0.2) is 0 Å². The van der Waals surface area contributed by atoms with Crippen LogP contribution in [-0.4, -0.2) is 50.5 Å². The van der Waals surface area contributed by atoms with Crippen molar-refractivity contribution < 1.29 is 35.6 Å². The molecule has 3 aromatic carbocycles. The lowest BCUT2D eigenvalue weighted by Gasteiger charge is -2.32. The summed E-state index contributed by atoms with van der Waals surface area (Å²) >= 11 is 0. The predicted molar refractivity (Wildman–Crippen MR) is 157 cm³/mol. The number of benzene rings is 3. The molecule has 12 heteroatoms. The van der Waals surface area contributed by atoms with Gasteiger partial charge in [0.25, 0.3) is 0 Å². The maximum atomic E-state index is 14.7. The Morgan fingerprint density at radius 1 is 0.953 bits per heavy atom. The summed E-state index contributed by atoms with van der Waals surface area (Å²) in [5.74, 6) is -1.51. The Balaban J connectivity index is 1.89. The van der Waals surface area contributed by atoms with E-state index >= 15 is 0 Å². The number of nitrogens with zero attached hydrogens (tertiary/aromatic N) is 2. The molecule has 0 spiro atoms. The zero-order valence-electron chi connectivity index (χ0n) is 24.0. The minimum Gasteiger partial charge on any atom is -0.354 e. The van der Waals surface area contributed by atoms with Crippen molar-refractivity contribution in [3.05, 3.63) is 101 Å². The van der Waals surface area contributed by atoms with Crippen molar-refractivity contribution in [2.24, 2.45) is 0 Å². The fourth-order valence-corrected chi connectivity index (χ4v) is 5.53. The van der Waals surface area contributed by atoms with Crippen LogP contribution >= 0.6 is 0 Å². The summed E-state index contributed by atoms with van der Waals surface area (Å²) in [6, 6.07) is 17.8. The second-order valence-electron chi connectivity index (χ2n) is 10.1. The standard InChI is InChI=1S/C31H35F4N3O4S/c1-3-18-36-30(40)28(20-23-11-5-4-6-12-23)37(22-24-13-7-8-16-27(24)32)29(39)17-10-19-38(43(2,41)42)26-15-9-14-25(21-26)31(33,34)35/h4-9,11-16,21,28H,3,10,17-20,22H2,1-2H3,(H,36,40)/t28-/m0/s1. The van der Waals surface area contributed by atoms with E-state index in [9.17, 15) is 35.6 Å². The topological polar surface area (TPSA) is 86.8 Å². The number of halogens is 4. The van der Waals surface area contributed by atoms with Crippen molar-refractivity contribution in [3.63, 3.8) is 0 Å². The Bertz CT molecular complexity index is 1480. The molecule has 0 aliphatic rings. The van der Waals surface area contributed by atoms with Crippen molar-refractivity contribution >= 4 is 27.5 Å². The lowest BCUT2D eigenvalue weighted by atomic mass is 10.0. The number of rotatable bonds is 14. The summed E-state index contributed by atoms with van der Waals surface area (Å²) in [4.78, 5) is 28.4. The van der Waals surface area contributed by atoms with Crippen molar-refractivity contribution in [2.75, 3.05) is 23.7 Å². The molecule has 43 heavy (non-hydrogen) atoms.